The van der Waals surface area contributed by atoms with Gasteiger partial charge >= 0.3 is 0 Å². The van der Waals surface area contributed by atoms with E-state index in [-0.39, 0.29) is 6.10 Å². The minimum absolute atomic E-state index is 0.352. The molecule has 0 aliphatic rings. The van der Waals surface area contributed by atoms with E-state index in [1.54, 1.807) is 0 Å². The third-order valence-electron chi connectivity index (χ3n) is 2.13. The zero-order chi connectivity index (χ0) is 9.84. The summed E-state index contributed by atoms with van der Waals surface area (Å²) in [7, 11) is 0. The van der Waals surface area contributed by atoms with E-state index in [9.17, 15) is 5.11 Å². The Bertz CT molecular complexity index is 264. The summed E-state index contributed by atoms with van der Waals surface area (Å²) in [6.45, 7) is 6.21. The summed E-state index contributed by atoms with van der Waals surface area (Å²) in [6, 6.07) is 8.11. The quantitative estimate of drug-likeness (QED) is 0.754. The first-order valence-corrected chi connectivity index (χ1v) is 4.87. The van der Waals surface area contributed by atoms with E-state index in [2.05, 4.69) is 19.9 Å². The molecule has 0 bridgehead atoms. The van der Waals surface area contributed by atoms with Crippen molar-refractivity contribution in [1.82, 2.24) is 0 Å². The van der Waals surface area contributed by atoms with E-state index in [1.165, 1.54) is 5.56 Å². The highest BCUT2D eigenvalue weighted by Gasteiger charge is 2.07. The van der Waals surface area contributed by atoms with Crippen molar-refractivity contribution in [3.63, 3.8) is 0 Å². The molecule has 1 nitrogen and oxygen atoms in total. The molecule has 1 unspecified atom stereocenters. The maximum absolute atomic E-state index is 9.52. The molecule has 1 aromatic carbocycles. The predicted molar refractivity (Wildman–Crippen MR) is 55.6 cm³/mol. The lowest BCUT2D eigenvalue weighted by atomic mass is 9.96. The molecule has 1 rings (SSSR count). The second-order valence-corrected chi connectivity index (χ2v) is 3.97. The Morgan fingerprint density at radius 2 is 1.77 bits per heavy atom. The molecule has 1 heteroatoms. The summed E-state index contributed by atoms with van der Waals surface area (Å²) < 4.78 is 0. The van der Waals surface area contributed by atoms with Gasteiger partial charge in [-0.3, -0.25) is 0 Å². The number of hydrogen-bond donors (Lipinski definition) is 1. The van der Waals surface area contributed by atoms with Crippen molar-refractivity contribution in [3.05, 3.63) is 35.4 Å². The Labute approximate surface area is 80.4 Å². The summed E-state index contributed by atoms with van der Waals surface area (Å²) in [5.74, 6) is 0.639. The van der Waals surface area contributed by atoms with Crippen molar-refractivity contribution in [3.8, 4) is 0 Å². The molecule has 1 aromatic rings. The molecular weight excluding hydrogens is 160 g/mol. The van der Waals surface area contributed by atoms with Crippen molar-refractivity contribution < 1.29 is 5.11 Å². The zero-order valence-electron chi connectivity index (χ0n) is 8.62. The van der Waals surface area contributed by atoms with Crippen LogP contribution in [0.25, 0.3) is 0 Å². The first kappa shape index (κ1) is 10.3. The molecule has 0 spiro atoms. The smallest absolute Gasteiger partial charge is 0.0764 e. The molecule has 1 atom stereocenters. The normalized spacial score (nSPS) is 13.3. The first-order valence-electron chi connectivity index (χ1n) is 4.87. The third-order valence-corrected chi connectivity index (χ3v) is 2.13. The van der Waals surface area contributed by atoms with Crippen LogP contribution >= 0.6 is 0 Å². The molecule has 1 N–H and O–H groups in total. The van der Waals surface area contributed by atoms with Gasteiger partial charge in [-0.1, -0.05) is 38.1 Å². The van der Waals surface area contributed by atoms with Crippen LogP contribution in [0.15, 0.2) is 24.3 Å². The summed E-state index contributed by atoms with van der Waals surface area (Å²) in [5.41, 5.74) is 2.34. The highest BCUT2D eigenvalue weighted by Crippen LogP contribution is 2.19. The van der Waals surface area contributed by atoms with Gasteiger partial charge in [0.05, 0.1) is 6.10 Å². The van der Waals surface area contributed by atoms with Crippen molar-refractivity contribution in [2.45, 2.75) is 33.3 Å². The predicted octanol–water partition coefficient (Wildman–Crippen LogP) is 2.94. The van der Waals surface area contributed by atoms with E-state index in [0.717, 1.165) is 12.0 Å². The van der Waals surface area contributed by atoms with Gasteiger partial charge < -0.3 is 5.11 Å². The van der Waals surface area contributed by atoms with Crippen molar-refractivity contribution in [1.29, 1.82) is 0 Å². The first-order chi connectivity index (χ1) is 6.11. The van der Waals surface area contributed by atoms with Crippen LogP contribution in [0.4, 0.5) is 0 Å². The SMILES string of the molecule is CC(C)Cc1ccccc1C(C)O. The fourth-order valence-corrected chi connectivity index (χ4v) is 1.57. The van der Waals surface area contributed by atoms with E-state index < -0.39 is 0 Å². The molecule has 0 amide bonds. The average Bonchev–Trinajstić information content (AvgIpc) is 2.03. The molecule has 0 aromatic heterocycles. The maximum atomic E-state index is 9.52. The molecule has 0 aliphatic carbocycles. The third kappa shape index (κ3) is 2.85. The monoisotopic (exact) mass is 178 g/mol. The fourth-order valence-electron chi connectivity index (χ4n) is 1.57. The Morgan fingerprint density at radius 3 is 2.31 bits per heavy atom. The largest absolute Gasteiger partial charge is 0.389 e. The van der Waals surface area contributed by atoms with Gasteiger partial charge in [-0.25, -0.2) is 0 Å². The van der Waals surface area contributed by atoms with Crippen molar-refractivity contribution in [2.75, 3.05) is 0 Å². The lowest BCUT2D eigenvalue weighted by Crippen LogP contribution is -2.01. The van der Waals surface area contributed by atoms with E-state index in [0.29, 0.717) is 5.92 Å². The van der Waals surface area contributed by atoms with Crippen LogP contribution < -0.4 is 0 Å². The minimum Gasteiger partial charge on any atom is -0.389 e. The Balaban J connectivity index is 2.91. The summed E-state index contributed by atoms with van der Waals surface area (Å²) >= 11 is 0. The molecule has 72 valence electrons. The van der Waals surface area contributed by atoms with Crippen LogP contribution in [0.2, 0.25) is 0 Å². The summed E-state index contributed by atoms with van der Waals surface area (Å²) in [6.07, 6.45) is 0.691. The van der Waals surface area contributed by atoms with Crippen LogP contribution in [0.3, 0.4) is 0 Å². The van der Waals surface area contributed by atoms with Gasteiger partial charge in [0.2, 0.25) is 0 Å². The summed E-state index contributed by atoms with van der Waals surface area (Å²) in [4.78, 5) is 0. The minimum atomic E-state index is -0.352. The number of aliphatic hydroxyl groups is 1. The Hall–Kier alpha value is -0.820. The molecule has 0 heterocycles. The molecule has 0 radical (unpaired) electrons. The van der Waals surface area contributed by atoms with Gasteiger partial charge in [-0.2, -0.15) is 0 Å². The van der Waals surface area contributed by atoms with Crippen LogP contribution in [0.1, 0.15) is 38.0 Å². The van der Waals surface area contributed by atoms with Crippen LogP contribution in [0.5, 0.6) is 0 Å². The van der Waals surface area contributed by atoms with Gasteiger partial charge in [0.1, 0.15) is 0 Å². The highest BCUT2D eigenvalue weighted by atomic mass is 16.3. The number of rotatable bonds is 3. The molecule has 0 aliphatic heterocycles. The van der Waals surface area contributed by atoms with E-state index in [4.69, 9.17) is 0 Å². The van der Waals surface area contributed by atoms with Crippen LogP contribution in [-0.4, -0.2) is 5.11 Å². The lowest BCUT2D eigenvalue weighted by Gasteiger charge is -2.13. The van der Waals surface area contributed by atoms with Crippen molar-refractivity contribution >= 4 is 0 Å². The van der Waals surface area contributed by atoms with Gasteiger partial charge in [-0.05, 0) is 30.4 Å². The Kier molecular flexibility index (Phi) is 3.49. The van der Waals surface area contributed by atoms with Gasteiger partial charge in [-0.15, -0.1) is 0 Å². The Morgan fingerprint density at radius 1 is 1.15 bits per heavy atom. The molecule has 0 saturated heterocycles. The maximum Gasteiger partial charge on any atom is 0.0764 e. The second-order valence-electron chi connectivity index (χ2n) is 3.97. The molecule has 13 heavy (non-hydrogen) atoms. The van der Waals surface area contributed by atoms with E-state index in [1.807, 2.05) is 25.1 Å². The van der Waals surface area contributed by atoms with E-state index >= 15 is 0 Å². The van der Waals surface area contributed by atoms with Gasteiger partial charge in [0.15, 0.2) is 0 Å². The van der Waals surface area contributed by atoms with Gasteiger partial charge in [0, 0.05) is 0 Å². The number of hydrogen-bond acceptors (Lipinski definition) is 1. The van der Waals surface area contributed by atoms with Crippen molar-refractivity contribution in [2.24, 2.45) is 5.92 Å². The standard InChI is InChI=1S/C12H18O/c1-9(2)8-11-6-4-5-7-12(11)10(3)13/h4-7,9-10,13H,8H2,1-3H3. The zero-order valence-corrected chi connectivity index (χ0v) is 8.62. The highest BCUT2D eigenvalue weighted by molar-refractivity contribution is 5.28. The fraction of sp³-hybridized carbons (Fsp3) is 0.500. The molecule has 0 fully saturated rings. The van der Waals surface area contributed by atoms with Crippen LogP contribution in [0, 0.1) is 5.92 Å². The summed E-state index contributed by atoms with van der Waals surface area (Å²) in [5, 5.41) is 9.52. The second kappa shape index (κ2) is 4.43. The van der Waals surface area contributed by atoms with Crippen LogP contribution in [-0.2, 0) is 6.42 Å². The number of aliphatic hydroxyl groups excluding tert-OH is 1. The van der Waals surface area contributed by atoms with Gasteiger partial charge in [0.25, 0.3) is 0 Å². The lowest BCUT2D eigenvalue weighted by molar-refractivity contribution is 0.198. The average molecular weight is 178 g/mol. The number of benzene rings is 1. The molecule has 0 saturated carbocycles. The molecular formula is C12H18O. The topological polar surface area (TPSA) is 20.2 Å².